The molecule has 1 aliphatic carbocycles. The fraction of sp³-hybridized carbons (Fsp3) is 0.474. The van der Waals surface area contributed by atoms with Gasteiger partial charge in [0, 0.05) is 26.2 Å². The van der Waals surface area contributed by atoms with Gasteiger partial charge in [0.25, 0.3) is 0 Å². The Kier molecular flexibility index (Phi) is 4.34. The van der Waals surface area contributed by atoms with Gasteiger partial charge >= 0.3 is 0 Å². The number of ether oxygens (including phenoxy) is 1. The fourth-order valence-corrected chi connectivity index (χ4v) is 3.53. The molecule has 0 saturated heterocycles. The van der Waals surface area contributed by atoms with Gasteiger partial charge in [-0.15, -0.1) is 0 Å². The molecular formula is C19H24N4O. The minimum absolute atomic E-state index is 0.598. The van der Waals surface area contributed by atoms with Crippen LogP contribution in [0, 0.1) is 0 Å². The molecule has 0 amide bonds. The van der Waals surface area contributed by atoms with Crippen LogP contribution in [-0.4, -0.2) is 41.0 Å². The van der Waals surface area contributed by atoms with Crippen LogP contribution in [-0.2, 0) is 12.8 Å². The first kappa shape index (κ1) is 15.4. The number of nitrogens with zero attached hydrogens (tertiary/aromatic N) is 3. The van der Waals surface area contributed by atoms with Crippen molar-refractivity contribution < 1.29 is 4.74 Å². The summed E-state index contributed by atoms with van der Waals surface area (Å²) in [6.45, 7) is 2.36. The van der Waals surface area contributed by atoms with E-state index in [4.69, 9.17) is 4.74 Å². The predicted octanol–water partition coefficient (Wildman–Crippen LogP) is 3.26. The lowest BCUT2D eigenvalue weighted by Crippen LogP contribution is -2.41. The van der Waals surface area contributed by atoms with E-state index in [1.807, 2.05) is 0 Å². The van der Waals surface area contributed by atoms with Crippen molar-refractivity contribution in [3.05, 3.63) is 41.7 Å². The van der Waals surface area contributed by atoms with Gasteiger partial charge in [-0.3, -0.25) is 4.90 Å². The summed E-state index contributed by atoms with van der Waals surface area (Å²) in [6.07, 6.45) is 9.82. The minimum atomic E-state index is 0.598. The van der Waals surface area contributed by atoms with Crippen molar-refractivity contribution in [2.24, 2.45) is 0 Å². The Morgan fingerprint density at radius 2 is 1.79 bits per heavy atom. The van der Waals surface area contributed by atoms with E-state index in [-0.39, 0.29) is 0 Å². The summed E-state index contributed by atoms with van der Waals surface area (Å²) < 4.78 is 5.92. The van der Waals surface area contributed by atoms with Crippen molar-refractivity contribution >= 4 is 5.95 Å². The molecule has 1 aromatic carbocycles. The molecule has 1 aliphatic heterocycles. The number of aromatic nitrogens is 2. The second-order valence-electron chi connectivity index (χ2n) is 6.65. The number of anilines is 1. The molecule has 1 aromatic heterocycles. The number of hydrogen-bond acceptors (Lipinski definition) is 5. The van der Waals surface area contributed by atoms with Crippen LogP contribution in [0.25, 0.3) is 0 Å². The Bertz CT molecular complexity index is 697. The van der Waals surface area contributed by atoms with Gasteiger partial charge in [0.15, 0.2) is 5.75 Å². The highest BCUT2D eigenvalue weighted by Gasteiger charge is 2.26. The smallest absolute Gasteiger partial charge is 0.222 e. The summed E-state index contributed by atoms with van der Waals surface area (Å²) in [6, 6.07) is 7.30. The van der Waals surface area contributed by atoms with E-state index in [9.17, 15) is 0 Å². The van der Waals surface area contributed by atoms with E-state index >= 15 is 0 Å². The minimum Gasteiger partial charge on any atom is -0.454 e. The summed E-state index contributed by atoms with van der Waals surface area (Å²) >= 11 is 0. The Labute approximate surface area is 143 Å². The van der Waals surface area contributed by atoms with E-state index in [2.05, 4.69) is 38.4 Å². The van der Waals surface area contributed by atoms with Gasteiger partial charge in [-0.2, -0.15) is 0 Å². The first-order valence-electron chi connectivity index (χ1n) is 8.85. The fourth-order valence-electron chi connectivity index (χ4n) is 3.53. The highest BCUT2D eigenvalue weighted by atomic mass is 16.5. The quantitative estimate of drug-likeness (QED) is 0.935. The molecule has 0 spiro atoms. The van der Waals surface area contributed by atoms with Crippen LogP contribution >= 0.6 is 0 Å². The number of benzene rings is 1. The summed E-state index contributed by atoms with van der Waals surface area (Å²) in [4.78, 5) is 11.0. The second kappa shape index (κ2) is 6.77. The molecule has 0 bridgehead atoms. The van der Waals surface area contributed by atoms with Crippen molar-refractivity contribution in [1.82, 2.24) is 14.9 Å². The van der Waals surface area contributed by atoms with E-state index in [0.29, 0.717) is 11.7 Å². The van der Waals surface area contributed by atoms with Gasteiger partial charge in [0.2, 0.25) is 5.95 Å². The average Bonchev–Trinajstić information content (AvgIpc) is 2.77. The van der Waals surface area contributed by atoms with Crippen molar-refractivity contribution in [2.75, 3.05) is 25.5 Å². The molecule has 1 fully saturated rings. The van der Waals surface area contributed by atoms with E-state index in [1.54, 1.807) is 19.4 Å². The van der Waals surface area contributed by atoms with Crippen LogP contribution in [0.5, 0.6) is 11.5 Å². The third-order valence-electron chi connectivity index (χ3n) is 5.19. The molecule has 0 unspecified atom stereocenters. The summed E-state index contributed by atoms with van der Waals surface area (Å²) in [5.41, 5.74) is 2.88. The van der Waals surface area contributed by atoms with E-state index in [0.717, 1.165) is 24.6 Å². The average molecular weight is 324 g/mol. The second-order valence-corrected chi connectivity index (χ2v) is 6.65. The highest BCUT2D eigenvalue weighted by molar-refractivity contribution is 5.39. The lowest BCUT2D eigenvalue weighted by molar-refractivity contribution is 0.133. The Morgan fingerprint density at radius 1 is 1.04 bits per heavy atom. The SMILES string of the molecule is CNc1ncc(Oc2ccc3c(c2)CCN(C2CCC2)CC3)cn1. The van der Waals surface area contributed by atoms with Crippen molar-refractivity contribution in [3.8, 4) is 11.5 Å². The zero-order valence-corrected chi connectivity index (χ0v) is 14.2. The topological polar surface area (TPSA) is 50.3 Å². The molecule has 126 valence electrons. The lowest BCUT2D eigenvalue weighted by atomic mass is 9.91. The van der Waals surface area contributed by atoms with Crippen LogP contribution in [0.3, 0.4) is 0 Å². The van der Waals surface area contributed by atoms with E-state index in [1.165, 1.54) is 43.5 Å². The molecule has 1 N–H and O–H groups in total. The van der Waals surface area contributed by atoms with Gasteiger partial charge in [-0.05, 0) is 48.9 Å². The van der Waals surface area contributed by atoms with Crippen LogP contribution in [0.1, 0.15) is 30.4 Å². The maximum atomic E-state index is 5.92. The maximum Gasteiger partial charge on any atom is 0.222 e. The predicted molar refractivity (Wildman–Crippen MR) is 94.7 cm³/mol. The van der Waals surface area contributed by atoms with Gasteiger partial charge < -0.3 is 10.1 Å². The first-order chi connectivity index (χ1) is 11.8. The Hall–Kier alpha value is -2.14. The van der Waals surface area contributed by atoms with Crippen LogP contribution in [0.2, 0.25) is 0 Å². The molecule has 2 aliphatic rings. The molecular weight excluding hydrogens is 300 g/mol. The molecule has 5 heteroatoms. The zero-order valence-electron chi connectivity index (χ0n) is 14.2. The van der Waals surface area contributed by atoms with Crippen LogP contribution < -0.4 is 10.1 Å². The van der Waals surface area contributed by atoms with Gasteiger partial charge in [0.05, 0.1) is 12.4 Å². The third-order valence-corrected chi connectivity index (χ3v) is 5.19. The zero-order chi connectivity index (χ0) is 16.4. The molecule has 0 atom stereocenters. The standard InChI is InChI=1S/C19H24N4O/c1-20-19-21-12-18(13-22-19)24-17-6-5-14-7-9-23(16-3-2-4-16)10-8-15(14)11-17/h5-6,11-13,16H,2-4,7-10H2,1H3,(H,20,21,22). The van der Waals surface area contributed by atoms with Gasteiger partial charge in [-0.1, -0.05) is 12.5 Å². The first-order valence-corrected chi connectivity index (χ1v) is 8.85. The summed E-state index contributed by atoms with van der Waals surface area (Å²) in [7, 11) is 1.80. The number of nitrogens with one attached hydrogen (secondary N) is 1. The summed E-state index contributed by atoms with van der Waals surface area (Å²) in [5, 5.41) is 2.91. The van der Waals surface area contributed by atoms with Crippen LogP contribution in [0.4, 0.5) is 5.95 Å². The molecule has 4 rings (SSSR count). The van der Waals surface area contributed by atoms with Crippen molar-refractivity contribution in [1.29, 1.82) is 0 Å². The molecule has 24 heavy (non-hydrogen) atoms. The van der Waals surface area contributed by atoms with Crippen molar-refractivity contribution in [3.63, 3.8) is 0 Å². The van der Waals surface area contributed by atoms with Gasteiger partial charge in [-0.25, -0.2) is 9.97 Å². The third kappa shape index (κ3) is 3.22. The normalized spacial score (nSPS) is 18.4. The maximum absolute atomic E-state index is 5.92. The molecule has 0 radical (unpaired) electrons. The summed E-state index contributed by atoms with van der Waals surface area (Å²) in [5.74, 6) is 2.13. The number of rotatable bonds is 4. The largest absolute Gasteiger partial charge is 0.454 e. The number of hydrogen-bond donors (Lipinski definition) is 1. The molecule has 2 heterocycles. The van der Waals surface area contributed by atoms with Gasteiger partial charge in [0.1, 0.15) is 5.75 Å². The molecule has 2 aromatic rings. The highest BCUT2D eigenvalue weighted by Crippen LogP contribution is 2.29. The van der Waals surface area contributed by atoms with Crippen molar-refractivity contribution in [2.45, 2.75) is 38.1 Å². The van der Waals surface area contributed by atoms with Crippen LogP contribution in [0.15, 0.2) is 30.6 Å². The number of fused-ring (bicyclic) bond motifs is 1. The monoisotopic (exact) mass is 324 g/mol. The molecule has 1 saturated carbocycles. The Balaban J connectivity index is 1.46. The Morgan fingerprint density at radius 3 is 2.46 bits per heavy atom. The lowest BCUT2D eigenvalue weighted by Gasteiger charge is -2.36. The van der Waals surface area contributed by atoms with E-state index < -0.39 is 0 Å². The molecule has 5 nitrogen and oxygen atoms in total.